The lowest BCUT2D eigenvalue weighted by Gasteiger charge is -2.03. The van der Waals surface area contributed by atoms with Gasteiger partial charge in [-0.1, -0.05) is 23.7 Å². The maximum absolute atomic E-state index is 12.0. The van der Waals surface area contributed by atoms with Crippen LogP contribution in [0.5, 0.6) is 11.5 Å². The predicted octanol–water partition coefficient (Wildman–Crippen LogP) is 4.34. The first-order chi connectivity index (χ1) is 10.1. The van der Waals surface area contributed by atoms with Gasteiger partial charge in [-0.2, -0.15) is 0 Å². The molecule has 2 rings (SSSR count). The largest absolute Gasteiger partial charge is 0.506 e. The summed E-state index contributed by atoms with van der Waals surface area (Å²) in [6, 6.07) is 11.7. The molecule has 0 radical (unpaired) electrons. The summed E-state index contributed by atoms with van der Waals surface area (Å²) < 4.78 is 5.33. The summed E-state index contributed by atoms with van der Waals surface area (Å²) in [5.41, 5.74) is 1.33. The Bertz CT molecular complexity index is 660. The zero-order valence-corrected chi connectivity index (χ0v) is 12.3. The van der Waals surface area contributed by atoms with Crippen LogP contribution in [0.2, 0.25) is 5.02 Å². The first-order valence-electron chi connectivity index (χ1n) is 6.54. The minimum Gasteiger partial charge on any atom is -0.506 e. The van der Waals surface area contributed by atoms with Crippen LogP contribution in [0.15, 0.2) is 48.5 Å². The molecule has 0 bridgehead atoms. The molecule has 1 N–H and O–H groups in total. The maximum Gasteiger partial charge on any atom is 0.185 e. The second kappa shape index (κ2) is 6.95. The summed E-state index contributed by atoms with van der Waals surface area (Å²) in [6.07, 6.45) is 3.13. The fraction of sp³-hybridized carbons (Fsp3) is 0.118. The van der Waals surface area contributed by atoms with E-state index >= 15 is 0 Å². The zero-order chi connectivity index (χ0) is 15.2. The van der Waals surface area contributed by atoms with E-state index < -0.39 is 0 Å². The van der Waals surface area contributed by atoms with E-state index in [0.29, 0.717) is 12.2 Å². The number of ether oxygens (including phenoxy) is 1. The lowest BCUT2D eigenvalue weighted by molar-refractivity contribution is 0.104. The number of allylic oxidation sites excluding steroid dienone is 1. The number of phenols is 1. The highest BCUT2D eigenvalue weighted by Crippen LogP contribution is 2.24. The Balaban J connectivity index is 2.09. The molecule has 0 aliphatic rings. The molecule has 2 aromatic rings. The first kappa shape index (κ1) is 15.1. The lowest BCUT2D eigenvalue weighted by atomic mass is 10.1. The molecule has 4 heteroatoms. The van der Waals surface area contributed by atoms with E-state index in [0.717, 1.165) is 11.3 Å². The van der Waals surface area contributed by atoms with Crippen molar-refractivity contribution in [2.24, 2.45) is 0 Å². The van der Waals surface area contributed by atoms with Crippen LogP contribution < -0.4 is 4.74 Å². The number of phenolic OH excluding ortho intramolecular Hbond substituents is 1. The first-order valence-corrected chi connectivity index (χ1v) is 6.91. The maximum atomic E-state index is 12.0. The van der Waals surface area contributed by atoms with Crippen LogP contribution >= 0.6 is 11.6 Å². The van der Waals surface area contributed by atoms with Gasteiger partial charge >= 0.3 is 0 Å². The smallest absolute Gasteiger partial charge is 0.185 e. The Hall–Kier alpha value is -2.26. The molecule has 0 saturated carbocycles. The van der Waals surface area contributed by atoms with Crippen LogP contribution in [0.4, 0.5) is 0 Å². The average molecular weight is 303 g/mol. The van der Waals surface area contributed by atoms with Gasteiger partial charge in [-0.05, 0) is 55.0 Å². The minimum absolute atomic E-state index is 0.0201. The number of ketones is 1. The molecule has 0 fully saturated rings. The standard InChI is InChI=1S/C17H15ClO3/c1-2-21-14-7-5-13(6-8-14)16(19)9-3-12-4-10-17(20)15(18)11-12/h3-11,20H,2H2,1H3. The van der Waals surface area contributed by atoms with Gasteiger partial charge in [0.25, 0.3) is 0 Å². The van der Waals surface area contributed by atoms with E-state index in [9.17, 15) is 9.90 Å². The van der Waals surface area contributed by atoms with Crippen LogP contribution in [-0.4, -0.2) is 17.5 Å². The van der Waals surface area contributed by atoms with E-state index in [1.807, 2.05) is 6.92 Å². The van der Waals surface area contributed by atoms with Crippen molar-refractivity contribution in [2.75, 3.05) is 6.61 Å². The van der Waals surface area contributed by atoms with Crippen molar-refractivity contribution in [1.29, 1.82) is 0 Å². The molecule has 21 heavy (non-hydrogen) atoms. The second-order valence-electron chi connectivity index (χ2n) is 4.37. The van der Waals surface area contributed by atoms with Crippen LogP contribution in [0.25, 0.3) is 6.08 Å². The van der Waals surface area contributed by atoms with Gasteiger partial charge in [-0.25, -0.2) is 0 Å². The normalized spacial score (nSPS) is 10.8. The molecule has 0 atom stereocenters. The molecule has 0 heterocycles. The molecule has 0 saturated heterocycles. The fourth-order valence-electron chi connectivity index (χ4n) is 1.78. The molecule has 0 aliphatic carbocycles. The Labute approximate surface area is 128 Å². The predicted molar refractivity (Wildman–Crippen MR) is 84.1 cm³/mol. The molecule has 0 aliphatic heterocycles. The van der Waals surface area contributed by atoms with Gasteiger partial charge < -0.3 is 9.84 Å². The third-order valence-electron chi connectivity index (χ3n) is 2.85. The molecule has 0 amide bonds. The molecule has 0 spiro atoms. The van der Waals surface area contributed by atoms with Crippen molar-refractivity contribution < 1.29 is 14.6 Å². The van der Waals surface area contributed by atoms with E-state index in [4.69, 9.17) is 16.3 Å². The highest BCUT2D eigenvalue weighted by atomic mass is 35.5. The molecule has 108 valence electrons. The lowest BCUT2D eigenvalue weighted by Crippen LogP contribution is -1.95. The average Bonchev–Trinajstić information content (AvgIpc) is 2.49. The number of hydrogen-bond acceptors (Lipinski definition) is 3. The molecular weight excluding hydrogens is 288 g/mol. The number of carbonyl (C=O) groups is 1. The topological polar surface area (TPSA) is 46.5 Å². The summed E-state index contributed by atoms with van der Waals surface area (Å²) in [6.45, 7) is 2.50. The Kier molecular flexibility index (Phi) is 5.01. The van der Waals surface area contributed by atoms with Crippen molar-refractivity contribution >= 4 is 23.5 Å². The highest BCUT2D eigenvalue weighted by Gasteiger charge is 2.03. The summed E-state index contributed by atoms with van der Waals surface area (Å²) in [5.74, 6) is 0.650. The monoisotopic (exact) mass is 302 g/mol. The van der Waals surface area contributed by atoms with Gasteiger partial charge in [0, 0.05) is 5.56 Å². The molecule has 3 nitrogen and oxygen atoms in total. The van der Waals surface area contributed by atoms with E-state index in [-0.39, 0.29) is 16.6 Å². The van der Waals surface area contributed by atoms with Crippen molar-refractivity contribution in [3.8, 4) is 11.5 Å². The number of carbonyl (C=O) groups excluding carboxylic acids is 1. The van der Waals surface area contributed by atoms with Gasteiger partial charge in [0.1, 0.15) is 11.5 Å². The SMILES string of the molecule is CCOc1ccc(C(=O)C=Cc2ccc(O)c(Cl)c2)cc1. The number of rotatable bonds is 5. The quantitative estimate of drug-likeness (QED) is 0.660. The van der Waals surface area contributed by atoms with E-state index in [2.05, 4.69) is 0 Å². The number of aromatic hydroxyl groups is 1. The Morgan fingerprint density at radius 3 is 2.57 bits per heavy atom. The van der Waals surface area contributed by atoms with Crippen molar-refractivity contribution in [3.63, 3.8) is 0 Å². The van der Waals surface area contributed by atoms with Crippen LogP contribution in [0.1, 0.15) is 22.8 Å². The van der Waals surface area contributed by atoms with Gasteiger partial charge in [0.05, 0.1) is 11.6 Å². The minimum atomic E-state index is -0.109. The Morgan fingerprint density at radius 1 is 1.24 bits per heavy atom. The van der Waals surface area contributed by atoms with Crippen LogP contribution in [0.3, 0.4) is 0 Å². The number of halogens is 1. The summed E-state index contributed by atoms with van der Waals surface area (Å²) in [5, 5.41) is 9.59. The van der Waals surface area contributed by atoms with Crippen molar-refractivity contribution in [1.82, 2.24) is 0 Å². The molecule has 0 unspecified atom stereocenters. The van der Waals surface area contributed by atoms with Crippen LogP contribution in [-0.2, 0) is 0 Å². The summed E-state index contributed by atoms with van der Waals surface area (Å²) in [4.78, 5) is 12.0. The van der Waals surface area contributed by atoms with Gasteiger partial charge in [-0.3, -0.25) is 4.79 Å². The Morgan fingerprint density at radius 2 is 1.95 bits per heavy atom. The van der Waals surface area contributed by atoms with Gasteiger partial charge in [-0.15, -0.1) is 0 Å². The molecule has 0 aromatic heterocycles. The third-order valence-corrected chi connectivity index (χ3v) is 3.15. The number of hydrogen-bond donors (Lipinski definition) is 1. The zero-order valence-electron chi connectivity index (χ0n) is 11.5. The van der Waals surface area contributed by atoms with Gasteiger partial charge in [0.15, 0.2) is 5.78 Å². The van der Waals surface area contributed by atoms with E-state index in [1.54, 1.807) is 42.5 Å². The number of benzene rings is 2. The van der Waals surface area contributed by atoms with Crippen molar-refractivity contribution in [3.05, 3.63) is 64.7 Å². The second-order valence-corrected chi connectivity index (χ2v) is 4.77. The third kappa shape index (κ3) is 4.10. The molecule has 2 aromatic carbocycles. The van der Waals surface area contributed by atoms with Gasteiger partial charge in [0.2, 0.25) is 0 Å². The molecular formula is C17H15ClO3. The highest BCUT2D eigenvalue weighted by molar-refractivity contribution is 6.32. The van der Waals surface area contributed by atoms with Crippen molar-refractivity contribution in [2.45, 2.75) is 6.92 Å². The summed E-state index contributed by atoms with van der Waals surface area (Å²) in [7, 11) is 0. The van der Waals surface area contributed by atoms with E-state index in [1.165, 1.54) is 12.1 Å². The fourth-order valence-corrected chi connectivity index (χ4v) is 1.97. The van der Waals surface area contributed by atoms with Crippen LogP contribution in [0, 0.1) is 0 Å². The summed E-state index contributed by atoms with van der Waals surface area (Å²) >= 11 is 5.81.